The SMILES string of the molecule is CCOC(=O)C1CCCN(C(=NC)NCC(=O)NC2CCCCC2)C1. The van der Waals surface area contributed by atoms with E-state index in [2.05, 4.69) is 15.6 Å². The second-order valence-corrected chi connectivity index (χ2v) is 6.84. The molecule has 1 atom stereocenters. The van der Waals surface area contributed by atoms with E-state index in [9.17, 15) is 9.59 Å². The molecule has 0 radical (unpaired) electrons. The Labute approximate surface area is 150 Å². The summed E-state index contributed by atoms with van der Waals surface area (Å²) in [4.78, 5) is 30.4. The van der Waals surface area contributed by atoms with Crippen molar-refractivity contribution >= 4 is 17.8 Å². The van der Waals surface area contributed by atoms with Crippen LogP contribution in [0, 0.1) is 5.92 Å². The van der Waals surface area contributed by atoms with Crippen molar-refractivity contribution in [2.24, 2.45) is 10.9 Å². The number of nitrogens with zero attached hydrogens (tertiary/aromatic N) is 2. The molecule has 142 valence electrons. The number of ether oxygens (including phenoxy) is 1. The molecule has 1 aliphatic carbocycles. The predicted molar refractivity (Wildman–Crippen MR) is 97.3 cm³/mol. The van der Waals surface area contributed by atoms with Gasteiger partial charge in [0, 0.05) is 26.2 Å². The maximum Gasteiger partial charge on any atom is 0.310 e. The molecule has 0 spiro atoms. The summed E-state index contributed by atoms with van der Waals surface area (Å²) in [5.41, 5.74) is 0. The van der Waals surface area contributed by atoms with Gasteiger partial charge in [-0.1, -0.05) is 19.3 Å². The summed E-state index contributed by atoms with van der Waals surface area (Å²) < 4.78 is 5.14. The van der Waals surface area contributed by atoms with E-state index in [0.29, 0.717) is 25.2 Å². The molecule has 7 heteroatoms. The van der Waals surface area contributed by atoms with Gasteiger partial charge in [-0.15, -0.1) is 0 Å². The number of hydrogen-bond donors (Lipinski definition) is 2. The van der Waals surface area contributed by atoms with Crippen LogP contribution in [-0.2, 0) is 14.3 Å². The van der Waals surface area contributed by atoms with E-state index in [-0.39, 0.29) is 24.3 Å². The number of amides is 1. The summed E-state index contributed by atoms with van der Waals surface area (Å²) in [5, 5.41) is 6.23. The molecular weight excluding hydrogens is 320 g/mol. The highest BCUT2D eigenvalue weighted by Gasteiger charge is 2.28. The largest absolute Gasteiger partial charge is 0.466 e. The first-order valence-corrected chi connectivity index (χ1v) is 9.55. The second kappa shape index (κ2) is 10.3. The van der Waals surface area contributed by atoms with Crippen LogP contribution in [0.4, 0.5) is 0 Å². The Morgan fingerprint density at radius 3 is 2.60 bits per heavy atom. The number of piperidine rings is 1. The molecule has 2 fully saturated rings. The number of carbonyl (C=O) groups excluding carboxylic acids is 2. The van der Waals surface area contributed by atoms with Crippen LogP contribution in [-0.4, -0.2) is 62.1 Å². The highest BCUT2D eigenvalue weighted by molar-refractivity contribution is 5.87. The number of rotatable bonds is 5. The van der Waals surface area contributed by atoms with Crippen LogP contribution in [0.3, 0.4) is 0 Å². The normalized spacial score (nSPS) is 22.4. The van der Waals surface area contributed by atoms with E-state index in [1.807, 2.05) is 11.8 Å². The zero-order chi connectivity index (χ0) is 18.1. The summed E-state index contributed by atoms with van der Waals surface area (Å²) in [7, 11) is 1.70. The number of esters is 1. The maximum absolute atomic E-state index is 12.2. The molecule has 0 bridgehead atoms. The van der Waals surface area contributed by atoms with Crippen LogP contribution in [0.1, 0.15) is 51.9 Å². The number of aliphatic imine (C=N–C) groups is 1. The summed E-state index contributed by atoms with van der Waals surface area (Å²) >= 11 is 0. The Morgan fingerprint density at radius 1 is 1.16 bits per heavy atom. The average molecular weight is 352 g/mol. The molecule has 1 unspecified atom stereocenters. The lowest BCUT2D eigenvalue weighted by atomic mass is 9.95. The topological polar surface area (TPSA) is 83.0 Å². The van der Waals surface area contributed by atoms with Gasteiger partial charge in [0.15, 0.2) is 5.96 Å². The first-order chi connectivity index (χ1) is 12.1. The lowest BCUT2D eigenvalue weighted by molar-refractivity contribution is -0.149. The molecule has 1 amide bonds. The van der Waals surface area contributed by atoms with Crippen molar-refractivity contribution in [2.45, 2.75) is 57.9 Å². The number of likely N-dealkylation sites (tertiary alicyclic amines) is 1. The van der Waals surface area contributed by atoms with Crippen LogP contribution in [0.15, 0.2) is 4.99 Å². The monoisotopic (exact) mass is 352 g/mol. The molecule has 2 aliphatic rings. The summed E-state index contributed by atoms with van der Waals surface area (Å²) in [6.45, 7) is 3.86. The molecule has 1 saturated carbocycles. The molecule has 2 N–H and O–H groups in total. The van der Waals surface area contributed by atoms with Gasteiger partial charge in [-0.2, -0.15) is 0 Å². The Bertz CT molecular complexity index is 475. The van der Waals surface area contributed by atoms with Crippen molar-refractivity contribution < 1.29 is 14.3 Å². The maximum atomic E-state index is 12.2. The van der Waals surface area contributed by atoms with Crippen molar-refractivity contribution in [3.63, 3.8) is 0 Å². The molecule has 2 rings (SSSR count). The Hall–Kier alpha value is -1.79. The summed E-state index contributed by atoms with van der Waals surface area (Å²) in [6.07, 6.45) is 7.58. The molecule has 0 aromatic rings. The number of carbonyl (C=O) groups is 2. The minimum Gasteiger partial charge on any atom is -0.466 e. The van der Waals surface area contributed by atoms with E-state index in [0.717, 1.165) is 32.2 Å². The van der Waals surface area contributed by atoms with Crippen molar-refractivity contribution in [3.8, 4) is 0 Å². The minimum absolute atomic E-state index is 0.00648. The molecule has 7 nitrogen and oxygen atoms in total. The van der Waals surface area contributed by atoms with Gasteiger partial charge in [0.25, 0.3) is 0 Å². The van der Waals surface area contributed by atoms with Gasteiger partial charge in [0.1, 0.15) is 0 Å². The third-order valence-corrected chi connectivity index (χ3v) is 4.93. The number of hydrogen-bond acceptors (Lipinski definition) is 4. The first-order valence-electron chi connectivity index (χ1n) is 9.55. The zero-order valence-electron chi connectivity index (χ0n) is 15.6. The highest BCUT2D eigenvalue weighted by Crippen LogP contribution is 2.18. The van der Waals surface area contributed by atoms with Crippen LogP contribution in [0.5, 0.6) is 0 Å². The van der Waals surface area contributed by atoms with Crippen LogP contribution < -0.4 is 10.6 Å². The van der Waals surface area contributed by atoms with E-state index < -0.39 is 0 Å². The van der Waals surface area contributed by atoms with E-state index in [1.54, 1.807) is 7.05 Å². The molecule has 0 aromatic carbocycles. The van der Waals surface area contributed by atoms with Crippen molar-refractivity contribution in [2.75, 3.05) is 33.3 Å². The third kappa shape index (κ3) is 6.21. The molecule has 1 saturated heterocycles. The van der Waals surface area contributed by atoms with Gasteiger partial charge < -0.3 is 20.3 Å². The quantitative estimate of drug-likeness (QED) is 0.442. The zero-order valence-corrected chi connectivity index (χ0v) is 15.6. The highest BCUT2D eigenvalue weighted by atomic mass is 16.5. The van der Waals surface area contributed by atoms with Gasteiger partial charge in [0.2, 0.25) is 5.91 Å². The minimum atomic E-state index is -0.141. The molecule has 25 heavy (non-hydrogen) atoms. The van der Waals surface area contributed by atoms with Crippen LogP contribution in [0.25, 0.3) is 0 Å². The van der Waals surface area contributed by atoms with Crippen LogP contribution >= 0.6 is 0 Å². The average Bonchev–Trinajstić information content (AvgIpc) is 2.63. The van der Waals surface area contributed by atoms with Gasteiger partial charge >= 0.3 is 5.97 Å². The Kier molecular flexibility index (Phi) is 8.01. The summed E-state index contributed by atoms with van der Waals surface area (Å²) in [5.74, 6) is 0.417. The number of nitrogens with one attached hydrogen (secondary N) is 2. The predicted octanol–water partition coefficient (Wildman–Crippen LogP) is 1.29. The van der Waals surface area contributed by atoms with Gasteiger partial charge in [-0.3, -0.25) is 14.6 Å². The molecule has 1 heterocycles. The first kappa shape index (κ1) is 19.5. The van der Waals surface area contributed by atoms with Gasteiger partial charge in [0.05, 0.1) is 19.1 Å². The lowest BCUT2D eigenvalue weighted by Gasteiger charge is -2.34. The van der Waals surface area contributed by atoms with Gasteiger partial charge in [-0.25, -0.2) is 0 Å². The van der Waals surface area contributed by atoms with Gasteiger partial charge in [-0.05, 0) is 32.6 Å². The molecular formula is C18H32N4O3. The van der Waals surface area contributed by atoms with Crippen molar-refractivity contribution in [3.05, 3.63) is 0 Å². The van der Waals surface area contributed by atoms with E-state index in [4.69, 9.17) is 4.74 Å². The fraction of sp³-hybridized carbons (Fsp3) is 0.833. The smallest absolute Gasteiger partial charge is 0.310 e. The van der Waals surface area contributed by atoms with Crippen LogP contribution in [0.2, 0.25) is 0 Å². The second-order valence-electron chi connectivity index (χ2n) is 6.84. The molecule has 1 aliphatic heterocycles. The standard InChI is InChI=1S/C18H32N4O3/c1-3-25-17(24)14-8-7-11-22(13-14)18(19-2)20-12-16(23)21-15-9-5-4-6-10-15/h14-15H,3-13H2,1-2H3,(H,19,20)(H,21,23). The van der Waals surface area contributed by atoms with Crippen molar-refractivity contribution in [1.29, 1.82) is 0 Å². The Morgan fingerprint density at radius 2 is 1.92 bits per heavy atom. The number of guanidine groups is 1. The fourth-order valence-corrected chi connectivity index (χ4v) is 3.64. The molecule has 0 aromatic heterocycles. The fourth-order valence-electron chi connectivity index (χ4n) is 3.64. The van der Waals surface area contributed by atoms with E-state index >= 15 is 0 Å². The Balaban J connectivity index is 1.78. The van der Waals surface area contributed by atoms with Crippen molar-refractivity contribution in [1.82, 2.24) is 15.5 Å². The lowest BCUT2D eigenvalue weighted by Crippen LogP contribution is -2.51. The van der Waals surface area contributed by atoms with E-state index in [1.165, 1.54) is 19.3 Å². The third-order valence-electron chi connectivity index (χ3n) is 4.93. The summed E-state index contributed by atoms with van der Waals surface area (Å²) in [6, 6.07) is 0.313.